The molecule has 3 rings (SSSR count). The van der Waals surface area contributed by atoms with Gasteiger partial charge in [0.2, 0.25) is 11.8 Å². The Morgan fingerprint density at radius 3 is 2.87 bits per heavy atom. The van der Waals surface area contributed by atoms with E-state index in [9.17, 15) is 4.79 Å². The molecular formula is C16H26N4O3. The van der Waals surface area contributed by atoms with E-state index in [1.165, 1.54) is 0 Å². The number of carbonyl (C=O) groups excluding carboxylic acids is 1. The van der Waals surface area contributed by atoms with E-state index in [-0.39, 0.29) is 11.8 Å². The molecule has 7 nitrogen and oxygen atoms in total. The summed E-state index contributed by atoms with van der Waals surface area (Å²) in [5.41, 5.74) is 0. The standard InChI is InChI=1S/C16H26N4O3/c1-2-3-14-17-16(23-18-14)13-4-5-15(21)20(12-13)7-6-19-8-10-22-11-9-19/h13H,2-12H2,1H3/t13-/m1/s1. The molecule has 1 amide bonds. The minimum atomic E-state index is 0.176. The quantitative estimate of drug-likeness (QED) is 0.780. The lowest BCUT2D eigenvalue weighted by molar-refractivity contribution is -0.134. The Hall–Kier alpha value is -1.47. The predicted octanol–water partition coefficient (Wildman–Crippen LogP) is 1.06. The van der Waals surface area contributed by atoms with Crippen molar-refractivity contribution in [1.29, 1.82) is 0 Å². The van der Waals surface area contributed by atoms with Crippen molar-refractivity contribution in [2.24, 2.45) is 0 Å². The van der Waals surface area contributed by atoms with Crippen molar-refractivity contribution in [2.75, 3.05) is 45.9 Å². The average molecular weight is 322 g/mol. The van der Waals surface area contributed by atoms with Gasteiger partial charge in [0, 0.05) is 45.6 Å². The molecule has 7 heteroatoms. The number of aromatic nitrogens is 2. The van der Waals surface area contributed by atoms with Gasteiger partial charge in [0.15, 0.2) is 5.82 Å². The summed E-state index contributed by atoms with van der Waals surface area (Å²) in [4.78, 5) is 21.0. The van der Waals surface area contributed by atoms with Crippen LogP contribution in [0.1, 0.15) is 43.8 Å². The number of piperidine rings is 1. The Kier molecular flexibility index (Phi) is 5.61. The predicted molar refractivity (Wildman–Crippen MR) is 84.1 cm³/mol. The Morgan fingerprint density at radius 1 is 1.26 bits per heavy atom. The third-order valence-electron chi connectivity index (χ3n) is 4.60. The van der Waals surface area contributed by atoms with E-state index in [4.69, 9.17) is 9.26 Å². The summed E-state index contributed by atoms with van der Waals surface area (Å²) in [7, 11) is 0. The van der Waals surface area contributed by atoms with Gasteiger partial charge in [-0.1, -0.05) is 12.1 Å². The molecule has 1 atom stereocenters. The van der Waals surface area contributed by atoms with Crippen molar-refractivity contribution < 1.29 is 14.1 Å². The average Bonchev–Trinajstić information content (AvgIpc) is 3.04. The van der Waals surface area contributed by atoms with Gasteiger partial charge in [-0.3, -0.25) is 9.69 Å². The first kappa shape index (κ1) is 16.4. The molecule has 0 saturated carbocycles. The summed E-state index contributed by atoms with van der Waals surface area (Å²) in [6, 6.07) is 0. The lowest BCUT2D eigenvalue weighted by Gasteiger charge is -2.34. The highest BCUT2D eigenvalue weighted by atomic mass is 16.5. The van der Waals surface area contributed by atoms with Crippen LogP contribution in [0.4, 0.5) is 0 Å². The first-order valence-electron chi connectivity index (χ1n) is 8.66. The van der Waals surface area contributed by atoms with Gasteiger partial charge in [0.25, 0.3) is 0 Å². The van der Waals surface area contributed by atoms with E-state index < -0.39 is 0 Å². The molecule has 128 valence electrons. The zero-order valence-electron chi connectivity index (χ0n) is 13.9. The van der Waals surface area contributed by atoms with Crippen molar-refractivity contribution >= 4 is 5.91 Å². The van der Waals surface area contributed by atoms with Crippen molar-refractivity contribution in [3.8, 4) is 0 Å². The lowest BCUT2D eigenvalue weighted by Crippen LogP contribution is -2.45. The van der Waals surface area contributed by atoms with Crippen LogP contribution >= 0.6 is 0 Å². The van der Waals surface area contributed by atoms with Crippen LogP contribution in [0.25, 0.3) is 0 Å². The molecule has 0 spiro atoms. The topological polar surface area (TPSA) is 71.7 Å². The number of ether oxygens (including phenoxy) is 1. The summed E-state index contributed by atoms with van der Waals surface area (Å²) >= 11 is 0. The van der Waals surface area contributed by atoms with Gasteiger partial charge in [-0.15, -0.1) is 0 Å². The highest BCUT2D eigenvalue weighted by Gasteiger charge is 2.30. The molecule has 2 saturated heterocycles. The monoisotopic (exact) mass is 322 g/mol. The van der Waals surface area contributed by atoms with Crippen LogP contribution in [-0.2, 0) is 16.0 Å². The Bertz CT molecular complexity index is 513. The SMILES string of the molecule is CCCc1noc([C@@H]2CCC(=O)N(CCN3CCOCC3)C2)n1. The van der Waals surface area contributed by atoms with E-state index in [2.05, 4.69) is 22.0 Å². The van der Waals surface area contributed by atoms with Crippen molar-refractivity contribution in [3.05, 3.63) is 11.7 Å². The van der Waals surface area contributed by atoms with Crippen LogP contribution in [0.2, 0.25) is 0 Å². The number of nitrogens with zero attached hydrogens (tertiary/aromatic N) is 4. The molecule has 2 fully saturated rings. The van der Waals surface area contributed by atoms with Crippen LogP contribution < -0.4 is 0 Å². The highest BCUT2D eigenvalue weighted by molar-refractivity contribution is 5.77. The van der Waals surface area contributed by atoms with Gasteiger partial charge < -0.3 is 14.2 Å². The zero-order valence-corrected chi connectivity index (χ0v) is 13.9. The van der Waals surface area contributed by atoms with Gasteiger partial charge in [-0.2, -0.15) is 4.98 Å². The Morgan fingerprint density at radius 2 is 2.09 bits per heavy atom. The first-order chi connectivity index (χ1) is 11.3. The molecule has 2 aliphatic heterocycles. The van der Waals surface area contributed by atoms with Crippen LogP contribution in [0, 0.1) is 0 Å². The highest BCUT2D eigenvalue weighted by Crippen LogP contribution is 2.26. The summed E-state index contributed by atoms with van der Waals surface area (Å²) in [5.74, 6) is 1.88. The van der Waals surface area contributed by atoms with Crippen LogP contribution in [0.3, 0.4) is 0 Å². The van der Waals surface area contributed by atoms with E-state index in [1.807, 2.05) is 4.90 Å². The maximum atomic E-state index is 12.2. The zero-order chi connectivity index (χ0) is 16.1. The Labute approximate surface area is 137 Å². The normalized spacial score (nSPS) is 23.4. The van der Waals surface area contributed by atoms with Crippen LogP contribution in [0.15, 0.2) is 4.52 Å². The Balaban J connectivity index is 1.54. The number of amides is 1. The molecular weight excluding hydrogens is 296 g/mol. The molecule has 3 heterocycles. The number of aryl methyl sites for hydroxylation is 1. The number of morpholine rings is 1. The van der Waals surface area contributed by atoms with Gasteiger partial charge in [0.05, 0.1) is 19.1 Å². The van der Waals surface area contributed by atoms with Crippen LogP contribution in [0.5, 0.6) is 0 Å². The van der Waals surface area contributed by atoms with Crippen LogP contribution in [-0.4, -0.2) is 71.8 Å². The summed E-state index contributed by atoms with van der Waals surface area (Å²) in [6.45, 7) is 7.96. The lowest BCUT2D eigenvalue weighted by atomic mass is 9.97. The molecule has 0 bridgehead atoms. The third kappa shape index (κ3) is 4.29. The maximum Gasteiger partial charge on any atom is 0.231 e. The molecule has 0 aromatic carbocycles. The minimum absolute atomic E-state index is 0.176. The molecule has 0 unspecified atom stereocenters. The maximum absolute atomic E-state index is 12.2. The molecule has 2 aliphatic rings. The number of carbonyl (C=O) groups is 1. The molecule has 0 radical (unpaired) electrons. The molecule has 0 aliphatic carbocycles. The molecule has 23 heavy (non-hydrogen) atoms. The third-order valence-corrected chi connectivity index (χ3v) is 4.60. The molecule has 0 N–H and O–H groups in total. The van der Waals surface area contributed by atoms with Gasteiger partial charge in [-0.25, -0.2) is 0 Å². The van der Waals surface area contributed by atoms with Crippen molar-refractivity contribution in [2.45, 2.75) is 38.5 Å². The summed E-state index contributed by atoms with van der Waals surface area (Å²) in [5, 5.41) is 4.03. The second-order valence-electron chi connectivity index (χ2n) is 6.33. The molecule has 1 aromatic heterocycles. The largest absolute Gasteiger partial charge is 0.379 e. The second kappa shape index (κ2) is 7.88. The summed E-state index contributed by atoms with van der Waals surface area (Å²) in [6.07, 6.45) is 3.23. The fourth-order valence-corrected chi connectivity index (χ4v) is 3.18. The second-order valence-corrected chi connectivity index (χ2v) is 6.33. The van der Waals surface area contributed by atoms with E-state index in [0.717, 1.165) is 64.5 Å². The van der Waals surface area contributed by atoms with Crippen molar-refractivity contribution in [1.82, 2.24) is 19.9 Å². The van der Waals surface area contributed by atoms with Gasteiger partial charge in [-0.05, 0) is 12.8 Å². The van der Waals surface area contributed by atoms with E-state index in [0.29, 0.717) is 18.9 Å². The van der Waals surface area contributed by atoms with Crippen molar-refractivity contribution in [3.63, 3.8) is 0 Å². The van der Waals surface area contributed by atoms with E-state index >= 15 is 0 Å². The smallest absolute Gasteiger partial charge is 0.231 e. The fraction of sp³-hybridized carbons (Fsp3) is 0.812. The number of hydrogen-bond donors (Lipinski definition) is 0. The number of rotatable bonds is 6. The first-order valence-corrected chi connectivity index (χ1v) is 8.66. The van der Waals surface area contributed by atoms with E-state index in [1.54, 1.807) is 0 Å². The number of hydrogen-bond acceptors (Lipinski definition) is 6. The van der Waals surface area contributed by atoms with Gasteiger partial charge >= 0.3 is 0 Å². The summed E-state index contributed by atoms with van der Waals surface area (Å²) < 4.78 is 10.8. The van der Waals surface area contributed by atoms with Gasteiger partial charge in [0.1, 0.15) is 0 Å². The fourth-order valence-electron chi connectivity index (χ4n) is 3.18. The number of likely N-dealkylation sites (tertiary alicyclic amines) is 1. The molecule has 1 aromatic rings. The minimum Gasteiger partial charge on any atom is -0.379 e.